The molecule has 100 valence electrons. The molecular weight excluding hydrogens is 391 g/mol. The molecule has 0 fully saturated rings. The first-order chi connectivity index (χ1) is 9.11. The van der Waals surface area contributed by atoms with E-state index in [-0.39, 0.29) is 6.04 Å². The second-order valence-electron chi connectivity index (χ2n) is 4.16. The van der Waals surface area contributed by atoms with Crippen LogP contribution in [-0.2, 0) is 6.42 Å². The molecule has 2 aromatic rings. The highest BCUT2D eigenvalue weighted by Crippen LogP contribution is 2.28. The van der Waals surface area contributed by atoms with E-state index in [1.807, 2.05) is 37.4 Å². The summed E-state index contributed by atoms with van der Waals surface area (Å²) in [4.78, 5) is 4.48. The predicted octanol–water partition coefficient (Wildman–Crippen LogP) is 4.76. The summed E-state index contributed by atoms with van der Waals surface area (Å²) in [6, 6.07) is 10.0. The topological polar surface area (TPSA) is 24.9 Å². The molecule has 1 N–H and O–H groups in total. The highest BCUT2D eigenvalue weighted by Gasteiger charge is 2.16. The van der Waals surface area contributed by atoms with Crippen LogP contribution in [-0.4, -0.2) is 12.0 Å². The van der Waals surface area contributed by atoms with E-state index in [0.29, 0.717) is 0 Å². The fourth-order valence-corrected chi connectivity index (χ4v) is 3.38. The Morgan fingerprint density at radius 2 is 2.05 bits per heavy atom. The third-order valence-corrected chi connectivity index (χ3v) is 4.33. The number of nitrogens with zero attached hydrogens (tertiary/aromatic N) is 1. The molecule has 0 aliphatic carbocycles. The normalized spacial score (nSPS) is 12.4. The van der Waals surface area contributed by atoms with Gasteiger partial charge in [-0.3, -0.25) is 4.98 Å². The summed E-state index contributed by atoms with van der Waals surface area (Å²) >= 11 is 13.2. The molecule has 5 heteroatoms. The minimum atomic E-state index is 0.113. The molecule has 0 amide bonds. The fourth-order valence-electron chi connectivity index (χ4n) is 1.90. The van der Waals surface area contributed by atoms with Crippen LogP contribution in [0.15, 0.2) is 45.5 Å². The number of pyridine rings is 1. The number of hydrogen-bond donors (Lipinski definition) is 1. The number of halogens is 3. The minimum Gasteiger partial charge on any atom is -0.311 e. The zero-order chi connectivity index (χ0) is 13.8. The SMILES string of the molecule is CNC(Cc1ccccc1Cl)c1ncc(Br)cc1Br. The molecule has 2 rings (SSSR count). The van der Waals surface area contributed by atoms with E-state index in [1.54, 1.807) is 6.20 Å². The Balaban J connectivity index is 2.28. The molecule has 1 atom stereocenters. The van der Waals surface area contributed by atoms with Crippen LogP contribution in [0, 0.1) is 0 Å². The van der Waals surface area contributed by atoms with Gasteiger partial charge in [-0.2, -0.15) is 0 Å². The van der Waals surface area contributed by atoms with Crippen molar-refractivity contribution in [2.45, 2.75) is 12.5 Å². The van der Waals surface area contributed by atoms with E-state index in [4.69, 9.17) is 11.6 Å². The van der Waals surface area contributed by atoms with Crippen molar-refractivity contribution < 1.29 is 0 Å². The number of benzene rings is 1. The van der Waals surface area contributed by atoms with Crippen molar-refractivity contribution in [2.24, 2.45) is 0 Å². The highest BCUT2D eigenvalue weighted by molar-refractivity contribution is 9.11. The molecule has 0 aliphatic rings. The second kappa shape index (κ2) is 6.84. The molecule has 1 aromatic carbocycles. The van der Waals surface area contributed by atoms with Crippen molar-refractivity contribution in [1.82, 2.24) is 10.3 Å². The van der Waals surface area contributed by atoms with E-state index in [0.717, 1.165) is 31.6 Å². The average Bonchev–Trinajstić information content (AvgIpc) is 2.39. The van der Waals surface area contributed by atoms with Gasteiger partial charge in [0.1, 0.15) is 0 Å². The van der Waals surface area contributed by atoms with Gasteiger partial charge in [0.25, 0.3) is 0 Å². The number of likely N-dealkylation sites (N-methyl/N-ethyl adjacent to an activating group) is 1. The monoisotopic (exact) mass is 402 g/mol. The van der Waals surface area contributed by atoms with E-state index < -0.39 is 0 Å². The number of hydrogen-bond acceptors (Lipinski definition) is 2. The lowest BCUT2D eigenvalue weighted by Crippen LogP contribution is -2.20. The molecule has 0 bridgehead atoms. The Bertz CT molecular complexity index is 575. The Kier molecular flexibility index (Phi) is 5.39. The fraction of sp³-hybridized carbons (Fsp3) is 0.214. The summed E-state index contributed by atoms with van der Waals surface area (Å²) < 4.78 is 1.93. The first-order valence-electron chi connectivity index (χ1n) is 5.83. The van der Waals surface area contributed by atoms with Crippen molar-refractivity contribution in [2.75, 3.05) is 7.05 Å². The minimum absolute atomic E-state index is 0.113. The van der Waals surface area contributed by atoms with E-state index >= 15 is 0 Å². The predicted molar refractivity (Wildman–Crippen MR) is 86.6 cm³/mol. The van der Waals surface area contributed by atoms with Crippen molar-refractivity contribution >= 4 is 43.5 Å². The molecule has 0 saturated heterocycles. The summed E-state index contributed by atoms with van der Waals surface area (Å²) in [5.74, 6) is 0. The molecule has 19 heavy (non-hydrogen) atoms. The summed E-state index contributed by atoms with van der Waals surface area (Å²) in [7, 11) is 1.93. The van der Waals surface area contributed by atoms with Crippen LogP contribution in [0.4, 0.5) is 0 Å². The van der Waals surface area contributed by atoms with Crippen molar-refractivity contribution in [3.63, 3.8) is 0 Å². The lowest BCUT2D eigenvalue weighted by atomic mass is 10.0. The molecule has 1 aromatic heterocycles. The first kappa shape index (κ1) is 15.0. The van der Waals surface area contributed by atoms with Gasteiger partial charge in [0.15, 0.2) is 0 Å². The third kappa shape index (κ3) is 3.78. The zero-order valence-electron chi connectivity index (χ0n) is 10.3. The van der Waals surface area contributed by atoms with Gasteiger partial charge in [-0.25, -0.2) is 0 Å². The van der Waals surface area contributed by atoms with Crippen LogP contribution < -0.4 is 5.32 Å². The summed E-state index contributed by atoms with van der Waals surface area (Å²) in [5.41, 5.74) is 2.09. The molecule has 2 nitrogen and oxygen atoms in total. The molecule has 1 heterocycles. The maximum atomic E-state index is 6.21. The van der Waals surface area contributed by atoms with Gasteiger partial charge < -0.3 is 5.32 Å². The Morgan fingerprint density at radius 3 is 2.68 bits per heavy atom. The summed E-state index contributed by atoms with van der Waals surface area (Å²) in [6.07, 6.45) is 2.60. The van der Waals surface area contributed by atoms with Crippen LogP contribution in [0.3, 0.4) is 0 Å². The maximum Gasteiger partial charge on any atom is 0.0719 e. The van der Waals surface area contributed by atoms with Crippen LogP contribution in [0.2, 0.25) is 5.02 Å². The zero-order valence-corrected chi connectivity index (χ0v) is 14.3. The van der Waals surface area contributed by atoms with Crippen LogP contribution in [0.25, 0.3) is 0 Å². The van der Waals surface area contributed by atoms with E-state index in [1.165, 1.54) is 0 Å². The Labute approximate surface area is 134 Å². The highest BCUT2D eigenvalue weighted by atomic mass is 79.9. The Hall–Kier alpha value is -0.420. The Morgan fingerprint density at radius 1 is 1.32 bits per heavy atom. The quantitative estimate of drug-likeness (QED) is 0.795. The second-order valence-corrected chi connectivity index (χ2v) is 6.33. The third-order valence-electron chi connectivity index (χ3n) is 2.90. The van der Waals surface area contributed by atoms with Crippen molar-refractivity contribution in [1.29, 1.82) is 0 Å². The smallest absolute Gasteiger partial charge is 0.0719 e. The molecule has 0 saturated carbocycles. The van der Waals surface area contributed by atoms with Gasteiger partial charge >= 0.3 is 0 Å². The lowest BCUT2D eigenvalue weighted by molar-refractivity contribution is 0.573. The van der Waals surface area contributed by atoms with Crippen molar-refractivity contribution in [3.05, 3.63) is 61.8 Å². The van der Waals surface area contributed by atoms with Gasteiger partial charge in [0.2, 0.25) is 0 Å². The van der Waals surface area contributed by atoms with Gasteiger partial charge in [-0.1, -0.05) is 29.8 Å². The van der Waals surface area contributed by atoms with Gasteiger partial charge in [-0.15, -0.1) is 0 Å². The molecule has 0 aliphatic heterocycles. The standard InChI is InChI=1S/C14H13Br2ClN2/c1-18-13(6-9-4-2-3-5-12(9)17)14-11(16)7-10(15)8-19-14/h2-5,7-8,13,18H,6H2,1H3. The van der Waals surface area contributed by atoms with Gasteiger partial charge in [0, 0.05) is 20.2 Å². The van der Waals surface area contributed by atoms with Crippen LogP contribution in [0.5, 0.6) is 0 Å². The molecule has 0 spiro atoms. The largest absolute Gasteiger partial charge is 0.311 e. The average molecular weight is 405 g/mol. The number of rotatable bonds is 4. The lowest BCUT2D eigenvalue weighted by Gasteiger charge is -2.18. The summed E-state index contributed by atoms with van der Waals surface area (Å²) in [6.45, 7) is 0. The van der Waals surface area contributed by atoms with Gasteiger partial charge in [0.05, 0.1) is 11.7 Å². The van der Waals surface area contributed by atoms with E-state index in [2.05, 4.69) is 42.2 Å². The summed E-state index contributed by atoms with van der Waals surface area (Å²) in [5, 5.41) is 4.08. The van der Waals surface area contributed by atoms with E-state index in [9.17, 15) is 0 Å². The molecule has 0 radical (unpaired) electrons. The molecular formula is C14H13Br2ClN2. The van der Waals surface area contributed by atoms with Gasteiger partial charge in [-0.05, 0) is 63.0 Å². The number of aromatic nitrogens is 1. The van der Waals surface area contributed by atoms with Crippen LogP contribution >= 0.6 is 43.5 Å². The first-order valence-corrected chi connectivity index (χ1v) is 7.80. The molecule has 1 unspecified atom stereocenters. The van der Waals surface area contributed by atoms with Crippen molar-refractivity contribution in [3.8, 4) is 0 Å². The van der Waals surface area contributed by atoms with Crippen LogP contribution in [0.1, 0.15) is 17.3 Å². The number of nitrogens with one attached hydrogen (secondary N) is 1. The maximum absolute atomic E-state index is 6.21.